The Morgan fingerprint density at radius 3 is 2.41 bits per heavy atom. The van der Waals surface area contributed by atoms with Crippen LogP contribution in [0.1, 0.15) is 31.2 Å². The summed E-state index contributed by atoms with van der Waals surface area (Å²) in [5, 5.41) is 2.95. The van der Waals surface area contributed by atoms with Crippen LogP contribution in [0.25, 0.3) is 6.08 Å². The van der Waals surface area contributed by atoms with Crippen molar-refractivity contribution in [3.63, 3.8) is 0 Å². The third kappa shape index (κ3) is 6.01. The van der Waals surface area contributed by atoms with Crippen LogP contribution in [0.5, 0.6) is 0 Å². The van der Waals surface area contributed by atoms with Gasteiger partial charge in [0, 0.05) is 38.2 Å². The largest absolute Gasteiger partial charge is 0.369 e. The fourth-order valence-electron chi connectivity index (χ4n) is 4.51. The molecule has 0 radical (unpaired) electrons. The van der Waals surface area contributed by atoms with E-state index in [9.17, 15) is 14.4 Å². The van der Waals surface area contributed by atoms with Crippen LogP contribution in [0.15, 0.2) is 54.7 Å². The number of carbonyl (C=O) groups is 3. The molecule has 1 unspecified atom stereocenters. The molecule has 2 aromatic rings. The van der Waals surface area contributed by atoms with Crippen LogP contribution in [0, 0.1) is 11.8 Å². The van der Waals surface area contributed by atoms with E-state index in [0.29, 0.717) is 38.2 Å². The van der Waals surface area contributed by atoms with Gasteiger partial charge in [-0.3, -0.25) is 14.4 Å². The summed E-state index contributed by atoms with van der Waals surface area (Å²) in [5.74, 6) is 0.140. The fraction of sp³-hybridized carbons (Fsp3) is 0.385. The van der Waals surface area contributed by atoms with E-state index in [4.69, 9.17) is 5.73 Å². The number of anilines is 2. The number of pyridine rings is 1. The maximum absolute atomic E-state index is 12.7. The minimum absolute atomic E-state index is 0.0289. The molecular weight excluding hydrogens is 430 g/mol. The van der Waals surface area contributed by atoms with Crippen molar-refractivity contribution >= 4 is 35.3 Å². The van der Waals surface area contributed by atoms with Crippen molar-refractivity contribution < 1.29 is 14.4 Å². The number of likely N-dealkylation sites (tertiary alicyclic amines) is 1. The van der Waals surface area contributed by atoms with Gasteiger partial charge in [-0.05, 0) is 49.5 Å². The van der Waals surface area contributed by atoms with Crippen LogP contribution >= 0.6 is 0 Å². The Labute approximate surface area is 199 Å². The van der Waals surface area contributed by atoms with E-state index in [2.05, 4.69) is 15.2 Å². The number of amides is 3. The first-order valence-electron chi connectivity index (χ1n) is 11.8. The molecule has 2 saturated heterocycles. The van der Waals surface area contributed by atoms with Gasteiger partial charge in [-0.15, -0.1) is 0 Å². The summed E-state index contributed by atoms with van der Waals surface area (Å²) in [6, 6.07) is 13.4. The lowest BCUT2D eigenvalue weighted by molar-refractivity contribution is -0.130. The number of benzene rings is 1. The maximum atomic E-state index is 12.7. The highest BCUT2D eigenvalue weighted by molar-refractivity contribution is 5.94. The topological polar surface area (TPSA) is 109 Å². The molecule has 0 bridgehead atoms. The van der Waals surface area contributed by atoms with Gasteiger partial charge in [-0.25, -0.2) is 4.98 Å². The summed E-state index contributed by atoms with van der Waals surface area (Å²) in [7, 11) is 0. The number of primary amides is 1. The Morgan fingerprint density at radius 1 is 0.971 bits per heavy atom. The number of rotatable bonds is 6. The quantitative estimate of drug-likeness (QED) is 0.643. The summed E-state index contributed by atoms with van der Waals surface area (Å²) in [4.78, 5) is 45.0. The molecule has 1 atom stereocenters. The third-order valence-electron chi connectivity index (χ3n) is 6.56. The highest BCUT2D eigenvalue weighted by Gasteiger charge is 2.27. The second kappa shape index (κ2) is 11.0. The molecule has 8 nitrogen and oxygen atoms in total. The van der Waals surface area contributed by atoms with Crippen LogP contribution in [-0.4, -0.2) is 53.8 Å². The number of nitrogens with zero attached hydrogens (tertiary/aromatic N) is 3. The molecule has 2 fully saturated rings. The van der Waals surface area contributed by atoms with Crippen LogP contribution < -0.4 is 16.0 Å². The molecule has 0 aliphatic carbocycles. The van der Waals surface area contributed by atoms with Crippen LogP contribution in [0.4, 0.5) is 11.5 Å². The predicted molar refractivity (Wildman–Crippen MR) is 132 cm³/mol. The normalized spacial score (nSPS) is 19.2. The van der Waals surface area contributed by atoms with Gasteiger partial charge >= 0.3 is 0 Å². The first kappa shape index (κ1) is 23.5. The average molecular weight is 462 g/mol. The molecule has 3 heterocycles. The van der Waals surface area contributed by atoms with Gasteiger partial charge in [0.25, 0.3) is 0 Å². The Hall–Kier alpha value is -3.68. The molecular formula is C26H31N5O3. The number of hydrogen-bond acceptors (Lipinski definition) is 5. The number of piperidine rings is 2. The first-order chi connectivity index (χ1) is 16.5. The lowest BCUT2D eigenvalue weighted by Gasteiger charge is -2.32. The van der Waals surface area contributed by atoms with E-state index in [1.54, 1.807) is 17.2 Å². The minimum Gasteiger partial charge on any atom is -0.369 e. The molecule has 178 valence electrons. The summed E-state index contributed by atoms with van der Waals surface area (Å²) in [6.45, 7) is 2.53. The maximum Gasteiger partial charge on any atom is 0.246 e. The first-order valence-corrected chi connectivity index (χ1v) is 11.8. The summed E-state index contributed by atoms with van der Waals surface area (Å²) < 4.78 is 0. The van der Waals surface area contributed by atoms with Gasteiger partial charge in [-0.1, -0.05) is 30.3 Å². The molecule has 3 amide bonds. The second-order valence-corrected chi connectivity index (χ2v) is 8.93. The number of nitrogens with two attached hydrogens (primary N) is 1. The van der Waals surface area contributed by atoms with Crippen LogP contribution in [0.2, 0.25) is 0 Å². The zero-order valence-corrected chi connectivity index (χ0v) is 19.2. The lowest BCUT2D eigenvalue weighted by atomic mass is 9.95. The standard InChI is InChI=1S/C26H31N5O3/c27-25(33)21-7-4-14-31(18-21)23-10-9-22(17-28-23)29-26(34)20-12-15-30(16-13-20)24(32)11-8-19-5-2-1-3-6-19/h1-3,5-6,8-11,17,20-21H,4,7,12-16,18H2,(H2,27,33)(H,29,34)/b11-8+. The van der Waals surface area contributed by atoms with Crippen LogP contribution in [-0.2, 0) is 14.4 Å². The molecule has 0 saturated carbocycles. The fourth-order valence-corrected chi connectivity index (χ4v) is 4.51. The summed E-state index contributed by atoms with van der Waals surface area (Å²) in [6.07, 6.45) is 8.03. The highest BCUT2D eigenvalue weighted by Crippen LogP contribution is 2.24. The number of nitrogens with one attached hydrogen (secondary N) is 1. The van der Waals surface area contributed by atoms with E-state index < -0.39 is 0 Å². The molecule has 2 aliphatic heterocycles. The number of hydrogen-bond donors (Lipinski definition) is 2. The Bertz CT molecular complexity index is 1030. The Balaban J connectivity index is 1.25. The second-order valence-electron chi connectivity index (χ2n) is 8.93. The van der Waals surface area contributed by atoms with E-state index in [1.165, 1.54) is 0 Å². The Kier molecular flexibility index (Phi) is 7.57. The van der Waals surface area contributed by atoms with Gasteiger partial charge < -0.3 is 20.9 Å². The van der Waals surface area contributed by atoms with Gasteiger partial charge in [0.05, 0.1) is 17.8 Å². The highest BCUT2D eigenvalue weighted by atomic mass is 16.2. The van der Waals surface area contributed by atoms with Gasteiger partial charge in [0.1, 0.15) is 5.82 Å². The number of aromatic nitrogens is 1. The minimum atomic E-state index is -0.270. The van der Waals surface area contributed by atoms with E-state index in [-0.39, 0.29) is 29.6 Å². The van der Waals surface area contributed by atoms with Crippen molar-refractivity contribution in [3.8, 4) is 0 Å². The molecule has 3 N–H and O–H groups in total. The summed E-state index contributed by atoms with van der Waals surface area (Å²) in [5.41, 5.74) is 7.09. The Morgan fingerprint density at radius 2 is 1.74 bits per heavy atom. The molecule has 4 rings (SSSR count). The molecule has 8 heteroatoms. The van der Waals surface area contributed by atoms with Crippen molar-refractivity contribution in [2.24, 2.45) is 17.6 Å². The van der Waals surface area contributed by atoms with E-state index in [1.807, 2.05) is 48.5 Å². The van der Waals surface area contributed by atoms with Crippen molar-refractivity contribution in [1.29, 1.82) is 0 Å². The van der Waals surface area contributed by atoms with E-state index >= 15 is 0 Å². The van der Waals surface area contributed by atoms with Crippen molar-refractivity contribution in [1.82, 2.24) is 9.88 Å². The number of carbonyl (C=O) groups excluding carboxylic acids is 3. The van der Waals surface area contributed by atoms with Gasteiger partial charge in [0.15, 0.2) is 0 Å². The van der Waals surface area contributed by atoms with Gasteiger partial charge in [-0.2, -0.15) is 0 Å². The third-order valence-corrected chi connectivity index (χ3v) is 6.56. The average Bonchev–Trinajstić information content (AvgIpc) is 2.88. The molecule has 1 aromatic heterocycles. The van der Waals surface area contributed by atoms with Crippen LogP contribution in [0.3, 0.4) is 0 Å². The van der Waals surface area contributed by atoms with Crippen molar-refractivity contribution in [2.75, 3.05) is 36.4 Å². The zero-order chi connectivity index (χ0) is 23.9. The molecule has 1 aromatic carbocycles. The van der Waals surface area contributed by atoms with Crippen molar-refractivity contribution in [2.45, 2.75) is 25.7 Å². The zero-order valence-electron chi connectivity index (χ0n) is 19.2. The summed E-state index contributed by atoms with van der Waals surface area (Å²) >= 11 is 0. The van der Waals surface area contributed by atoms with E-state index in [0.717, 1.165) is 30.8 Å². The van der Waals surface area contributed by atoms with Crippen molar-refractivity contribution in [3.05, 3.63) is 60.3 Å². The lowest BCUT2D eigenvalue weighted by Crippen LogP contribution is -2.41. The smallest absolute Gasteiger partial charge is 0.246 e. The molecule has 34 heavy (non-hydrogen) atoms. The van der Waals surface area contributed by atoms with Gasteiger partial charge in [0.2, 0.25) is 17.7 Å². The molecule has 0 spiro atoms. The predicted octanol–water partition coefficient (Wildman–Crippen LogP) is 2.67. The molecule has 2 aliphatic rings. The monoisotopic (exact) mass is 461 g/mol. The SMILES string of the molecule is NC(=O)C1CCCN(c2ccc(NC(=O)C3CCN(C(=O)/C=C/c4ccccc4)CC3)cn2)C1.